The number of benzene rings is 2. The maximum Gasteiger partial charge on any atom is 0.333 e. The molecule has 0 bridgehead atoms. The number of ether oxygens (including phenoxy) is 1. The van der Waals surface area contributed by atoms with Gasteiger partial charge in [0.25, 0.3) is 5.91 Å². The first-order valence-corrected chi connectivity index (χ1v) is 9.48. The van der Waals surface area contributed by atoms with Crippen molar-refractivity contribution in [3.63, 3.8) is 0 Å². The van der Waals surface area contributed by atoms with Crippen LogP contribution in [0.15, 0.2) is 59.0 Å². The predicted molar refractivity (Wildman–Crippen MR) is 118 cm³/mol. The lowest BCUT2D eigenvalue weighted by Gasteiger charge is -2.16. The van der Waals surface area contributed by atoms with E-state index in [-0.39, 0.29) is 13.2 Å². The molecule has 0 saturated carbocycles. The van der Waals surface area contributed by atoms with E-state index >= 15 is 0 Å². The number of esters is 1. The number of hydrogen-bond donors (Lipinski definition) is 1. The molecule has 3 aromatic rings. The number of hydrogen-bond acceptors (Lipinski definition) is 4. The molecule has 0 spiro atoms. The number of furan rings is 1. The monoisotopic (exact) mass is 407 g/mol. The summed E-state index contributed by atoms with van der Waals surface area (Å²) in [4.78, 5) is 24.8. The maximum absolute atomic E-state index is 12.7. The summed E-state index contributed by atoms with van der Waals surface area (Å²) in [6.07, 6.45) is 0.602. The number of carbonyl (C=O) groups is 2. The minimum atomic E-state index is -0.899. The Morgan fingerprint density at radius 1 is 1.00 bits per heavy atom. The number of carbonyl (C=O) groups excluding carboxylic acids is 2. The summed E-state index contributed by atoms with van der Waals surface area (Å²) >= 11 is 0. The van der Waals surface area contributed by atoms with Crippen molar-refractivity contribution in [1.29, 1.82) is 0 Å². The highest BCUT2D eigenvalue weighted by molar-refractivity contribution is 5.94. The number of methoxy groups -OCH3 is 1. The second kappa shape index (κ2) is 9.92. The van der Waals surface area contributed by atoms with Crippen LogP contribution in [0.3, 0.4) is 0 Å². The molecule has 5 heteroatoms. The Hall–Kier alpha value is -3.34. The third kappa shape index (κ3) is 5.17. The smallest absolute Gasteiger partial charge is 0.333 e. The lowest BCUT2D eigenvalue weighted by Crippen LogP contribution is -2.34. The third-order valence-corrected chi connectivity index (χ3v) is 4.92. The van der Waals surface area contributed by atoms with Gasteiger partial charge in [0.15, 0.2) is 11.8 Å². The highest BCUT2D eigenvalue weighted by atomic mass is 16.5. The van der Waals surface area contributed by atoms with Crippen molar-refractivity contribution >= 4 is 11.9 Å². The molecule has 158 valence electrons. The van der Waals surface area contributed by atoms with Gasteiger partial charge in [-0.25, -0.2) is 4.79 Å². The molecule has 1 N–H and O–H groups in total. The molecular formula is C25H29NO4. The molecule has 1 amide bonds. The Kier molecular flexibility index (Phi) is 7.59. The van der Waals surface area contributed by atoms with E-state index in [1.165, 1.54) is 29.4 Å². The van der Waals surface area contributed by atoms with E-state index in [0.29, 0.717) is 17.7 Å². The van der Waals surface area contributed by atoms with Crippen molar-refractivity contribution in [1.82, 2.24) is 5.32 Å². The van der Waals surface area contributed by atoms with E-state index in [2.05, 4.69) is 38.2 Å². The molecule has 3 rings (SSSR count). The lowest BCUT2D eigenvalue weighted by molar-refractivity contribution is -0.143. The first kappa shape index (κ1) is 22.9. The van der Waals surface area contributed by atoms with Crippen LogP contribution in [0, 0.1) is 20.8 Å². The van der Waals surface area contributed by atoms with Gasteiger partial charge < -0.3 is 14.5 Å². The van der Waals surface area contributed by atoms with E-state index in [9.17, 15) is 9.59 Å². The van der Waals surface area contributed by atoms with Crippen LogP contribution in [0.5, 0.6) is 0 Å². The predicted octanol–water partition coefficient (Wildman–Crippen LogP) is 5.08. The van der Waals surface area contributed by atoms with Crippen molar-refractivity contribution in [2.45, 2.75) is 40.7 Å². The fourth-order valence-corrected chi connectivity index (χ4v) is 3.50. The van der Waals surface area contributed by atoms with Gasteiger partial charge in [0.1, 0.15) is 5.76 Å². The van der Waals surface area contributed by atoms with E-state index in [0.717, 1.165) is 0 Å². The average Bonchev–Trinajstić information content (AvgIpc) is 3.17. The molecule has 0 radical (unpaired) electrons. The van der Waals surface area contributed by atoms with Crippen LogP contribution in [0.25, 0.3) is 0 Å². The van der Waals surface area contributed by atoms with Gasteiger partial charge in [-0.15, -0.1) is 0 Å². The fourth-order valence-electron chi connectivity index (χ4n) is 3.50. The molecule has 1 atom stereocenters. The minimum Gasteiger partial charge on any atom is -0.467 e. The summed E-state index contributed by atoms with van der Waals surface area (Å²) in [5, 5.41) is 2.70. The molecule has 0 aliphatic carbocycles. The Balaban J connectivity index is 0.00000320. The maximum atomic E-state index is 12.7. The molecule has 0 aliphatic rings. The van der Waals surface area contributed by atoms with E-state index in [4.69, 9.17) is 9.15 Å². The first-order valence-electron chi connectivity index (χ1n) is 9.48. The minimum absolute atomic E-state index is 0. The van der Waals surface area contributed by atoms with Gasteiger partial charge in [-0.3, -0.25) is 4.79 Å². The number of aryl methyl sites for hydroxylation is 3. The van der Waals surface area contributed by atoms with E-state index < -0.39 is 17.9 Å². The zero-order valence-corrected chi connectivity index (χ0v) is 17.1. The van der Waals surface area contributed by atoms with Gasteiger partial charge in [-0.2, -0.15) is 0 Å². The topological polar surface area (TPSA) is 68.5 Å². The molecule has 2 aromatic carbocycles. The summed E-state index contributed by atoms with van der Waals surface area (Å²) in [6.45, 7) is 6.23. The Labute approximate surface area is 178 Å². The third-order valence-electron chi connectivity index (χ3n) is 4.92. The highest BCUT2D eigenvalue weighted by Gasteiger charge is 2.25. The molecule has 0 fully saturated rings. The lowest BCUT2D eigenvalue weighted by atomic mass is 9.97. The quantitative estimate of drug-likeness (QED) is 0.579. The Morgan fingerprint density at radius 3 is 2.23 bits per heavy atom. The summed E-state index contributed by atoms with van der Waals surface area (Å²) in [6, 6.07) is 15.8. The first-order chi connectivity index (χ1) is 13.9. The highest BCUT2D eigenvalue weighted by Crippen LogP contribution is 2.22. The van der Waals surface area contributed by atoms with Gasteiger partial charge in [-0.05, 0) is 55.2 Å². The normalized spacial score (nSPS) is 11.3. The van der Waals surface area contributed by atoms with Crippen LogP contribution >= 0.6 is 0 Å². The molecular weight excluding hydrogens is 378 g/mol. The van der Waals surface area contributed by atoms with Crippen molar-refractivity contribution in [3.05, 3.63) is 93.9 Å². The van der Waals surface area contributed by atoms with Crippen molar-refractivity contribution in [2.75, 3.05) is 7.11 Å². The summed E-state index contributed by atoms with van der Waals surface area (Å²) in [7, 11) is 1.29. The SMILES string of the molecule is C.COC(=O)[C@@H](NC(=O)c1ccc(Cc2c(C)cc(C)cc2C)o1)c1ccccc1. The summed E-state index contributed by atoms with van der Waals surface area (Å²) < 4.78 is 10.6. The van der Waals surface area contributed by atoms with Crippen LogP contribution in [0.1, 0.15) is 57.6 Å². The summed E-state index contributed by atoms with van der Waals surface area (Å²) in [5.74, 6) is -0.151. The Morgan fingerprint density at radius 2 is 1.63 bits per heavy atom. The zero-order chi connectivity index (χ0) is 21.0. The van der Waals surface area contributed by atoms with Gasteiger partial charge in [0.2, 0.25) is 0 Å². The van der Waals surface area contributed by atoms with Crippen molar-refractivity contribution in [3.8, 4) is 0 Å². The number of nitrogens with one attached hydrogen (secondary N) is 1. The molecule has 0 aliphatic heterocycles. The van der Waals surface area contributed by atoms with Gasteiger partial charge in [-0.1, -0.05) is 55.5 Å². The molecule has 0 saturated heterocycles. The number of rotatable bonds is 6. The van der Waals surface area contributed by atoms with Crippen LogP contribution in [0.2, 0.25) is 0 Å². The Bertz CT molecular complexity index is 998. The standard InChI is InChI=1S/C24H25NO4.CH4/c1-15-12-16(2)20(17(3)13-15)14-19-10-11-21(29-19)23(26)25-22(24(27)28-4)18-8-6-5-7-9-18;/h5-13,22H,14H2,1-4H3,(H,25,26);1H4/t22-;/m0./s1. The number of amides is 1. The second-order valence-corrected chi connectivity index (χ2v) is 7.16. The molecule has 0 unspecified atom stereocenters. The largest absolute Gasteiger partial charge is 0.467 e. The second-order valence-electron chi connectivity index (χ2n) is 7.16. The zero-order valence-electron chi connectivity index (χ0n) is 17.1. The van der Waals surface area contributed by atoms with Crippen LogP contribution in [-0.4, -0.2) is 19.0 Å². The fraction of sp³-hybridized carbons (Fsp3) is 0.280. The van der Waals surface area contributed by atoms with E-state index in [1.54, 1.807) is 36.4 Å². The van der Waals surface area contributed by atoms with E-state index in [1.807, 2.05) is 6.07 Å². The van der Waals surface area contributed by atoms with Crippen LogP contribution < -0.4 is 5.32 Å². The summed E-state index contributed by atoms with van der Waals surface area (Å²) in [5.41, 5.74) is 5.44. The van der Waals surface area contributed by atoms with Gasteiger partial charge in [0, 0.05) is 6.42 Å². The van der Waals surface area contributed by atoms with Crippen molar-refractivity contribution < 1.29 is 18.7 Å². The average molecular weight is 408 g/mol. The molecule has 5 nitrogen and oxygen atoms in total. The molecule has 1 heterocycles. The van der Waals surface area contributed by atoms with Crippen LogP contribution in [-0.2, 0) is 16.0 Å². The molecule has 1 aromatic heterocycles. The van der Waals surface area contributed by atoms with Gasteiger partial charge >= 0.3 is 5.97 Å². The van der Waals surface area contributed by atoms with Crippen LogP contribution in [0.4, 0.5) is 0 Å². The van der Waals surface area contributed by atoms with Gasteiger partial charge in [0.05, 0.1) is 7.11 Å². The van der Waals surface area contributed by atoms with Crippen molar-refractivity contribution in [2.24, 2.45) is 0 Å². The molecule has 30 heavy (non-hydrogen) atoms.